The summed E-state index contributed by atoms with van der Waals surface area (Å²) in [6.07, 6.45) is 2.31. The van der Waals surface area contributed by atoms with E-state index < -0.39 is 0 Å². The van der Waals surface area contributed by atoms with Gasteiger partial charge in [-0.15, -0.1) is 0 Å². The van der Waals surface area contributed by atoms with E-state index in [-0.39, 0.29) is 6.04 Å². The van der Waals surface area contributed by atoms with Crippen LogP contribution in [0, 0.1) is 0 Å². The molecule has 23 heavy (non-hydrogen) atoms. The van der Waals surface area contributed by atoms with Crippen LogP contribution in [0.5, 0.6) is 0 Å². The van der Waals surface area contributed by atoms with E-state index in [4.69, 9.17) is 12.2 Å². The molecule has 1 saturated heterocycles. The number of hydrogen-bond acceptors (Lipinski definition) is 2. The average molecular weight is 327 g/mol. The van der Waals surface area contributed by atoms with E-state index in [9.17, 15) is 0 Å². The van der Waals surface area contributed by atoms with Crippen molar-refractivity contribution in [3.63, 3.8) is 0 Å². The van der Waals surface area contributed by atoms with Crippen LogP contribution in [0.15, 0.2) is 42.5 Å². The van der Waals surface area contributed by atoms with Gasteiger partial charge in [-0.05, 0) is 74.5 Å². The number of nitrogens with one attached hydrogen (secondary N) is 2. The molecule has 2 aromatic rings. The molecule has 122 valence electrons. The van der Waals surface area contributed by atoms with Crippen LogP contribution < -0.4 is 10.6 Å². The van der Waals surface area contributed by atoms with Gasteiger partial charge >= 0.3 is 0 Å². The van der Waals surface area contributed by atoms with Gasteiger partial charge < -0.3 is 15.5 Å². The van der Waals surface area contributed by atoms with Crippen molar-refractivity contribution in [3.05, 3.63) is 48.0 Å². The van der Waals surface area contributed by atoms with Crippen LogP contribution in [-0.2, 0) is 0 Å². The minimum atomic E-state index is 0.200. The molecule has 1 heterocycles. The zero-order valence-corrected chi connectivity index (χ0v) is 14.7. The van der Waals surface area contributed by atoms with Crippen LogP contribution in [0.2, 0.25) is 0 Å². The van der Waals surface area contributed by atoms with Gasteiger partial charge in [0.1, 0.15) is 0 Å². The number of nitrogens with zero attached hydrogens (tertiary/aromatic N) is 1. The fraction of sp³-hybridized carbons (Fsp3) is 0.421. The summed E-state index contributed by atoms with van der Waals surface area (Å²) in [7, 11) is 2.18. The number of rotatable bonds is 3. The Morgan fingerprint density at radius 2 is 1.83 bits per heavy atom. The van der Waals surface area contributed by atoms with Crippen LogP contribution >= 0.6 is 12.2 Å². The van der Waals surface area contributed by atoms with Crippen LogP contribution in [0.3, 0.4) is 0 Å². The van der Waals surface area contributed by atoms with Crippen molar-refractivity contribution in [2.45, 2.75) is 31.8 Å². The largest absolute Gasteiger partial charge is 0.360 e. The number of likely N-dealkylation sites (tertiary alicyclic amines) is 1. The van der Waals surface area contributed by atoms with Crippen LogP contribution in [-0.4, -0.2) is 36.2 Å². The summed E-state index contributed by atoms with van der Waals surface area (Å²) in [5, 5.41) is 10.2. The van der Waals surface area contributed by atoms with Gasteiger partial charge in [-0.2, -0.15) is 0 Å². The van der Waals surface area contributed by atoms with Gasteiger partial charge in [-0.3, -0.25) is 0 Å². The van der Waals surface area contributed by atoms with E-state index in [1.807, 2.05) is 0 Å². The summed E-state index contributed by atoms with van der Waals surface area (Å²) >= 11 is 5.50. The van der Waals surface area contributed by atoms with E-state index in [2.05, 4.69) is 72.0 Å². The molecule has 4 heteroatoms. The molecule has 0 aromatic heterocycles. The first kappa shape index (κ1) is 16.2. The van der Waals surface area contributed by atoms with Gasteiger partial charge in [0.2, 0.25) is 0 Å². The summed E-state index contributed by atoms with van der Waals surface area (Å²) in [5.74, 6) is 0. The predicted molar refractivity (Wildman–Crippen MR) is 102 cm³/mol. The van der Waals surface area contributed by atoms with Crippen LogP contribution in [0.1, 0.15) is 31.4 Å². The molecule has 1 atom stereocenters. The molecule has 1 aliphatic heterocycles. The minimum absolute atomic E-state index is 0.200. The van der Waals surface area contributed by atoms with Crippen molar-refractivity contribution in [1.29, 1.82) is 0 Å². The number of fused-ring (bicyclic) bond motifs is 1. The van der Waals surface area contributed by atoms with Gasteiger partial charge in [0, 0.05) is 6.04 Å². The molecule has 0 saturated carbocycles. The van der Waals surface area contributed by atoms with Gasteiger partial charge in [0.25, 0.3) is 0 Å². The molecule has 2 aromatic carbocycles. The highest BCUT2D eigenvalue weighted by Gasteiger charge is 2.17. The lowest BCUT2D eigenvalue weighted by Crippen LogP contribution is -2.47. The first-order chi connectivity index (χ1) is 11.1. The van der Waals surface area contributed by atoms with Crippen molar-refractivity contribution >= 4 is 28.1 Å². The average Bonchev–Trinajstić information content (AvgIpc) is 2.56. The van der Waals surface area contributed by atoms with E-state index in [1.54, 1.807) is 0 Å². The molecule has 2 N–H and O–H groups in total. The van der Waals surface area contributed by atoms with Crippen molar-refractivity contribution in [2.75, 3.05) is 20.1 Å². The topological polar surface area (TPSA) is 27.3 Å². The quantitative estimate of drug-likeness (QED) is 0.844. The molecule has 1 aliphatic rings. The summed E-state index contributed by atoms with van der Waals surface area (Å²) < 4.78 is 0. The highest BCUT2D eigenvalue weighted by Crippen LogP contribution is 2.20. The minimum Gasteiger partial charge on any atom is -0.360 e. The molecule has 0 amide bonds. The number of piperidine rings is 1. The molecule has 0 radical (unpaired) electrons. The van der Waals surface area contributed by atoms with Gasteiger partial charge in [0.05, 0.1) is 6.04 Å². The molecule has 3 rings (SSSR count). The van der Waals surface area contributed by atoms with Crippen LogP contribution in [0.25, 0.3) is 10.8 Å². The number of thiocarbonyl (C=S) groups is 1. The molecular weight excluding hydrogens is 302 g/mol. The predicted octanol–water partition coefficient (Wildman–Crippen LogP) is 3.46. The van der Waals surface area contributed by atoms with Gasteiger partial charge in [-0.25, -0.2) is 0 Å². The smallest absolute Gasteiger partial charge is 0.166 e. The summed E-state index contributed by atoms with van der Waals surface area (Å²) in [4.78, 5) is 2.37. The lowest BCUT2D eigenvalue weighted by molar-refractivity contribution is 0.246. The lowest BCUT2D eigenvalue weighted by Gasteiger charge is -2.31. The van der Waals surface area contributed by atoms with Crippen molar-refractivity contribution in [3.8, 4) is 0 Å². The zero-order valence-electron chi connectivity index (χ0n) is 13.9. The third-order valence-electron chi connectivity index (χ3n) is 4.67. The maximum atomic E-state index is 5.50. The Kier molecular flexibility index (Phi) is 5.13. The summed E-state index contributed by atoms with van der Waals surface area (Å²) in [6.45, 7) is 4.44. The van der Waals surface area contributed by atoms with Crippen molar-refractivity contribution in [1.82, 2.24) is 15.5 Å². The second-order valence-corrected chi connectivity index (χ2v) is 6.93. The molecule has 0 aliphatic carbocycles. The molecule has 0 spiro atoms. The highest BCUT2D eigenvalue weighted by molar-refractivity contribution is 7.80. The molecular formula is C19H25N3S. The van der Waals surface area contributed by atoms with Gasteiger partial charge in [0.15, 0.2) is 5.11 Å². The Bertz CT molecular complexity index is 677. The van der Waals surface area contributed by atoms with E-state index >= 15 is 0 Å². The monoisotopic (exact) mass is 327 g/mol. The Hall–Kier alpha value is -1.65. The molecule has 1 unspecified atom stereocenters. The standard InChI is InChI=1S/C19H25N3S/c1-14(16-8-7-15-5-3-4-6-17(15)13-16)20-19(23)21-18-9-11-22(2)12-10-18/h3-8,13-14,18H,9-12H2,1-2H3,(H2,20,21,23). The SMILES string of the molecule is CC(NC(=S)NC1CCN(C)CC1)c1ccc2ccccc2c1. The third kappa shape index (κ3) is 4.21. The normalized spacial score (nSPS) is 17.8. The number of benzene rings is 2. The van der Waals surface area contributed by atoms with E-state index in [1.165, 1.54) is 16.3 Å². The molecule has 1 fully saturated rings. The fourth-order valence-corrected chi connectivity index (χ4v) is 3.48. The zero-order chi connectivity index (χ0) is 16.2. The molecule has 3 nitrogen and oxygen atoms in total. The Balaban J connectivity index is 1.58. The summed E-state index contributed by atoms with van der Waals surface area (Å²) in [5.41, 5.74) is 1.26. The highest BCUT2D eigenvalue weighted by atomic mass is 32.1. The second-order valence-electron chi connectivity index (χ2n) is 6.52. The maximum absolute atomic E-state index is 5.50. The van der Waals surface area contributed by atoms with Gasteiger partial charge in [-0.1, -0.05) is 36.4 Å². The van der Waals surface area contributed by atoms with Crippen LogP contribution in [0.4, 0.5) is 0 Å². The van der Waals surface area contributed by atoms with E-state index in [0.29, 0.717) is 6.04 Å². The van der Waals surface area contributed by atoms with Crippen molar-refractivity contribution < 1.29 is 0 Å². The Labute approximate surface area is 144 Å². The fourth-order valence-electron chi connectivity index (χ4n) is 3.14. The van der Waals surface area contributed by atoms with E-state index in [0.717, 1.165) is 31.0 Å². The summed E-state index contributed by atoms with van der Waals surface area (Å²) in [6, 6.07) is 15.7. The Morgan fingerprint density at radius 3 is 2.57 bits per heavy atom. The first-order valence-electron chi connectivity index (χ1n) is 8.36. The lowest BCUT2D eigenvalue weighted by atomic mass is 10.0. The van der Waals surface area contributed by atoms with Crippen molar-refractivity contribution in [2.24, 2.45) is 0 Å². The second kappa shape index (κ2) is 7.28. The third-order valence-corrected chi connectivity index (χ3v) is 4.91. The Morgan fingerprint density at radius 1 is 1.13 bits per heavy atom. The number of hydrogen-bond donors (Lipinski definition) is 2. The molecule has 0 bridgehead atoms. The first-order valence-corrected chi connectivity index (χ1v) is 8.77. The maximum Gasteiger partial charge on any atom is 0.166 e.